The Labute approximate surface area is 403 Å². The fourth-order valence-electron chi connectivity index (χ4n) is 11.3. The third-order valence-corrected chi connectivity index (χ3v) is 14.7. The number of para-hydroxylation sites is 2. The predicted octanol–water partition coefficient (Wildman–Crippen LogP) is 15.4. The van der Waals surface area contributed by atoms with E-state index in [1.807, 2.05) is 42.5 Å². The van der Waals surface area contributed by atoms with Gasteiger partial charge in [-0.15, -0.1) is 0 Å². The zero-order chi connectivity index (χ0) is 49.1. The molecule has 1 aliphatic heterocycles. The highest BCUT2D eigenvalue weighted by Crippen LogP contribution is 2.65. The number of fused-ring (bicyclic) bond motifs is 12. The van der Waals surface area contributed by atoms with Gasteiger partial charge in [0.25, 0.3) is 0 Å². The highest BCUT2D eigenvalue weighted by molar-refractivity contribution is 6.09. The van der Waals surface area contributed by atoms with E-state index in [1.54, 1.807) is 4.57 Å². The predicted molar refractivity (Wildman–Crippen MR) is 273 cm³/mol. The van der Waals surface area contributed by atoms with Crippen molar-refractivity contribution < 1.29 is 22.5 Å². The monoisotopic (exact) mass is 920 g/mol. The Bertz CT molecular complexity index is 3550. The molecule has 0 radical (unpaired) electrons. The third kappa shape index (κ3) is 6.64. The molecule has 0 N–H and O–H groups in total. The first-order valence-electron chi connectivity index (χ1n) is 24.0. The van der Waals surface area contributed by atoms with Crippen LogP contribution >= 0.6 is 0 Å². The van der Waals surface area contributed by atoms with Gasteiger partial charge >= 0.3 is 6.18 Å². The Morgan fingerprint density at radius 1 is 0.565 bits per heavy atom. The van der Waals surface area contributed by atoms with Crippen LogP contribution in [0.25, 0.3) is 55.5 Å². The zero-order valence-corrected chi connectivity index (χ0v) is 41.9. The molecule has 6 aromatic carbocycles. The van der Waals surface area contributed by atoms with Crippen molar-refractivity contribution in [2.45, 2.75) is 116 Å². The molecule has 0 atom stereocenters. The molecule has 1 spiro atoms. The van der Waals surface area contributed by atoms with Crippen LogP contribution in [0.15, 0.2) is 121 Å². The molecule has 0 fully saturated rings. The number of rotatable bonds is 3. The molecule has 5 nitrogen and oxygen atoms in total. The van der Waals surface area contributed by atoms with Crippen LogP contribution < -0.4 is 9.30 Å². The molecule has 0 saturated heterocycles. The van der Waals surface area contributed by atoms with Crippen LogP contribution in [0.2, 0.25) is 0 Å². The Hall–Kier alpha value is -6.67. The van der Waals surface area contributed by atoms with Crippen LogP contribution in [-0.4, -0.2) is 14.1 Å². The van der Waals surface area contributed by atoms with Gasteiger partial charge in [0, 0.05) is 23.0 Å². The Morgan fingerprint density at radius 2 is 1.16 bits per heavy atom. The van der Waals surface area contributed by atoms with E-state index < -0.39 is 17.2 Å². The summed E-state index contributed by atoms with van der Waals surface area (Å²) >= 11 is 0. The lowest BCUT2D eigenvalue weighted by Crippen LogP contribution is -2.38. The Balaban J connectivity index is 1.20. The van der Waals surface area contributed by atoms with Gasteiger partial charge in [-0.3, -0.25) is 4.57 Å². The molecule has 8 heteroatoms. The Kier molecular flexibility index (Phi) is 9.38. The molecule has 9 aromatic rings. The number of ether oxygens (including phenoxy) is 1. The fraction of sp³-hybridized carbons (Fsp3) is 0.311. The van der Waals surface area contributed by atoms with E-state index in [0.29, 0.717) is 17.0 Å². The van der Waals surface area contributed by atoms with Crippen molar-refractivity contribution in [2.24, 2.45) is 7.05 Å². The first kappa shape index (κ1) is 44.8. The molecule has 350 valence electrons. The molecular weight excluding hydrogens is 862 g/mol. The van der Waals surface area contributed by atoms with Gasteiger partial charge in [0.05, 0.1) is 45.8 Å². The summed E-state index contributed by atoms with van der Waals surface area (Å²) in [5.74, 6) is 1.34. The van der Waals surface area contributed by atoms with Gasteiger partial charge in [-0.1, -0.05) is 150 Å². The molecule has 11 rings (SSSR count). The maximum atomic E-state index is 14.1. The highest BCUT2D eigenvalue weighted by atomic mass is 19.4. The lowest BCUT2D eigenvalue weighted by atomic mass is 9.60. The summed E-state index contributed by atoms with van der Waals surface area (Å²) in [5, 5.41) is 1.78. The maximum Gasteiger partial charge on any atom is 0.416 e. The van der Waals surface area contributed by atoms with E-state index >= 15 is 0 Å². The number of hydrogen-bond donors (Lipinski definition) is 0. The van der Waals surface area contributed by atoms with Crippen molar-refractivity contribution in [3.05, 3.63) is 178 Å². The maximum absolute atomic E-state index is 14.1. The largest absolute Gasteiger partial charge is 0.458 e. The van der Waals surface area contributed by atoms with Crippen LogP contribution in [0.1, 0.15) is 133 Å². The summed E-state index contributed by atoms with van der Waals surface area (Å²) in [4.78, 5) is 4.45. The number of nitrogens with zero attached hydrogens (tertiary/aromatic N) is 4. The van der Waals surface area contributed by atoms with Crippen LogP contribution in [0.3, 0.4) is 0 Å². The minimum Gasteiger partial charge on any atom is -0.458 e. The second-order valence-corrected chi connectivity index (χ2v) is 23.5. The molecule has 1 aliphatic carbocycles. The zero-order valence-electron chi connectivity index (χ0n) is 41.9. The van der Waals surface area contributed by atoms with Gasteiger partial charge in [0.15, 0.2) is 0 Å². The number of hydrogen-bond acceptors (Lipinski definition) is 2. The summed E-state index contributed by atoms with van der Waals surface area (Å²) in [6, 6.07) is 38.9. The summed E-state index contributed by atoms with van der Waals surface area (Å²) < 4.78 is 55.2. The molecule has 4 heterocycles. The smallest absolute Gasteiger partial charge is 0.416 e. The lowest BCUT2D eigenvalue weighted by molar-refractivity contribution is -0.649. The summed E-state index contributed by atoms with van der Waals surface area (Å²) in [6.07, 6.45) is 0.407. The number of aromatic nitrogens is 4. The molecule has 0 unspecified atom stereocenters. The van der Waals surface area contributed by atoms with E-state index in [2.05, 4.69) is 171 Å². The molecule has 3 aromatic heterocycles. The van der Waals surface area contributed by atoms with Crippen molar-refractivity contribution in [3.8, 4) is 34.1 Å². The first-order valence-corrected chi connectivity index (χ1v) is 24.0. The van der Waals surface area contributed by atoms with E-state index in [0.717, 1.165) is 50.7 Å². The van der Waals surface area contributed by atoms with Gasteiger partial charge in [-0.2, -0.15) is 13.2 Å². The average molecular weight is 921 g/mol. The van der Waals surface area contributed by atoms with E-state index in [4.69, 9.17) is 4.74 Å². The van der Waals surface area contributed by atoms with Crippen molar-refractivity contribution in [3.63, 3.8) is 0 Å². The highest BCUT2D eigenvalue weighted by Gasteiger charge is 2.54. The number of imidazole rings is 1. The summed E-state index contributed by atoms with van der Waals surface area (Å²) in [7, 11) is 2.07. The van der Waals surface area contributed by atoms with Crippen LogP contribution in [-0.2, 0) is 40.3 Å². The van der Waals surface area contributed by atoms with E-state index in [9.17, 15) is 13.2 Å². The number of aryl methyl sites for hydroxylation is 1. The SMILES string of the molecule is C[n+]1[c-]n2c3c(cccc31)C1(c3ccc(Oc4ccc5c6ccccc6n(-c6cc(C(F)(F)F)ccn6)c5c4)cc3-2)c2c(cc(C(C)(C)C)cc2C(C)(C)C)-c2cc(C(C)(C)C)cc(C(C)(C)C)c21. The van der Waals surface area contributed by atoms with Crippen molar-refractivity contribution in [1.29, 1.82) is 0 Å². The van der Waals surface area contributed by atoms with Gasteiger partial charge < -0.3 is 13.9 Å². The normalized spacial score (nSPS) is 14.5. The second-order valence-electron chi connectivity index (χ2n) is 23.5. The molecule has 0 bridgehead atoms. The number of pyridine rings is 1. The van der Waals surface area contributed by atoms with Crippen molar-refractivity contribution in [1.82, 2.24) is 14.1 Å². The topological polar surface area (TPSA) is 35.9 Å². The third-order valence-electron chi connectivity index (χ3n) is 14.7. The number of alkyl halides is 3. The Morgan fingerprint density at radius 3 is 1.77 bits per heavy atom. The molecule has 2 aliphatic rings. The first-order chi connectivity index (χ1) is 32.3. The lowest BCUT2D eigenvalue weighted by Gasteiger charge is -2.45. The summed E-state index contributed by atoms with van der Waals surface area (Å²) in [5.41, 5.74) is 15.3. The van der Waals surface area contributed by atoms with Crippen LogP contribution in [0.5, 0.6) is 11.5 Å². The van der Waals surface area contributed by atoms with Crippen LogP contribution in [0, 0.1) is 6.33 Å². The summed E-state index contributed by atoms with van der Waals surface area (Å²) in [6.45, 7) is 28.0. The molecule has 0 saturated carbocycles. The fourth-order valence-corrected chi connectivity index (χ4v) is 11.3. The van der Waals surface area contributed by atoms with E-state index in [1.165, 1.54) is 56.3 Å². The van der Waals surface area contributed by atoms with Crippen molar-refractivity contribution in [2.75, 3.05) is 0 Å². The van der Waals surface area contributed by atoms with Gasteiger partial charge in [0.2, 0.25) is 6.33 Å². The minimum absolute atomic E-state index is 0.103. The van der Waals surface area contributed by atoms with Gasteiger partial charge in [0.1, 0.15) is 17.3 Å². The van der Waals surface area contributed by atoms with Gasteiger partial charge in [-0.25, -0.2) is 4.98 Å². The average Bonchev–Trinajstić information content (AvgIpc) is 3.89. The molecule has 69 heavy (non-hydrogen) atoms. The van der Waals surface area contributed by atoms with E-state index in [-0.39, 0.29) is 27.5 Å². The number of benzene rings is 6. The minimum atomic E-state index is -4.52. The molecule has 0 amide bonds. The van der Waals surface area contributed by atoms with Crippen molar-refractivity contribution >= 4 is 32.8 Å². The van der Waals surface area contributed by atoms with Crippen LogP contribution in [0.4, 0.5) is 13.2 Å². The quantitative estimate of drug-likeness (QED) is 0.131. The molecular formula is C61H59F3N4O. The van der Waals surface area contributed by atoms with Gasteiger partial charge in [-0.05, 0) is 120 Å². The number of halogens is 3. The second kappa shape index (κ2) is 14.4. The standard InChI is InChI=1S/C61H59F3N4O/c1-56(2,3)36-27-42-43-28-37(57(4,5)6)30-47(59(10,11)12)54(43)60(53(42)46(29-36)58(7,8)9)44-24-22-39(33-51(44)67-34-66(13)49-20-16-18-45(60)55(49)67)69-38-21-23-41-40-17-14-15-19-48(40)68(50(41)32-38)52-31-35(25-26-65-52)61(62,63)64/h14-33H,1-13H3.